The summed E-state index contributed by atoms with van der Waals surface area (Å²) in [5.74, 6) is 1.37. The molecule has 114 valence electrons. The summed E-state index contributed by atoms with van der Waals surface area (Å²) in [4.78, 5) is 24.9. The molecular weight excluding hydrogens is 284 g/mol. The van der Waals surface area contributed by atoms with Crippen LogP contribution in [0.4, 0.5) is 17.5 Å². The first-order chi connectivity index (χ1) is 10.7. The van der Waals surface area contributed by atoms with Gasteiger partial charge in [-0.3, -0.25) is 10.1 Å². The maximum absolute atomic E-state index is 10.6. The molecule has 0 saturated carbocycles. The van der Waals surface area contributed by atoms with Crippen LogP contribution in [0.15, 0.2) is 36.8 Å². The number of pyridine rings is 1. The Hall–Kier alpha value is -2.77. The number of aromatic nitrogens is 3. The molecule has 1 atom stereocenters. The van der Waals surface area contributed by atoms with Crippen molar-refractivity contribution in [3.8, 4) is 0 Å². The van der Waals surface area contributed by atoms with Crippen LogP contribution in [0, 0.1) is 10.1 Å². The van der Waals surface area contributed by atoms with Crippen molar-refractivity contribution >= 4 is 17.5 Å². The van der Waals surface area contributed by atoms with Crippen LogP contribution in [0.2, 0.25) is 0 Å². The standard InChI is InChI=1S/C14H16N6O2/c21-20(22)12-4-5-13(17-9-12)18-11-3-1-8-19(10-11)14-15-6-2-7-16-14/h2,4-7,9,11H,1,3,8,10H2,(H,17,18). The highest BCUT2D eigenvalue weighted by Crippen LogP contribution is 2.19. The molecule has 0 aromatic carbocycles. The fraction of sp³-hybridized carbons (Fsp3) is 0.357. The van der Waals surface area contributed by atoms with E-state index in [1.54, 1.807) is 24.5 Å². The number of nitrogens with zero attached hydrogens (tertiary/aromatic N) is 5. The quantitative estimate of drug-likeness (QED) is 0.679. The monoisotopic (exact) mass is 300 g/mol. The topological polar surface area (TPSA) is 97.1 Å². The van der Waals surface area contributed by atoms with Crippen molar-refractivity contribution in [2.75, 3.05) is 23.3 Å². The lowest BCUT2D eigenvalue weighted by atomic mass is 10.1. The SMILES string of the molecule is O=[N+]([O-])c1ccc(NC2CCCN(c3ncccn3)C2)nc1. The Labute approximate surface area is 127 Å². The summed E-state index contributed by atoms with van der Waals surface area (Å²) < 4.78 is 0. The number of hydrogen-bond acceptors (Lipinski definition) is 7. The van der Waals surface area contributed by atoms with E-state index in [2.05, 4.69) is 25.2 Å². The second-order valence-electron chi connectivity index (χ2n) is 5.14. The lowest BCUT2D eigenvalue weighted by molar-refractivity contribution is -0.385. The fourth-order valence-corrected chi connectivity index (χ4v) is 2.52. The van der Waals surface area contributed by atoms with Crippen LogP contribution in [0.25, 0.3) is 0 Å². The number of rotatable bonds is 4. The van der Waals surface area contributed by atoms with Crippen molar-refractivity contribution < 1.29 is 4.92 Å². The van der Waals surface area contributed by atoms with Crippen LogP contribution in [-0.4, -0.2) is 39.0 Å². The van der Waals surface area contributed by atoms with E-state index in [4.69, 9.17) is 0 Å². The molecule has 0 radical (unpaired) electrons. The van der Waals surface area contributed by atoms with Gasteiger partial charge in [0, 0.05) is 37.6 Å². The number of anilines is 2. The lowest BCUT2D eigenvalue weighted by Gasteiger charge is -2.33. The number of hydrogen-bond donors (Lipinski definition) is 1. The minimum Gasteiger partial charge on any atom is -0.366 e. The lowest BCUT2D eigenvalue weighted by Crippen LogP contribution is -2.43. The van der Waals surface area contributed by atoms with E-state index < -0.39 is 4.92 Å². The van der Waals surface area contributed by atoms with Gasteiger partial charge in [-0.2, -0.15) is 0 Å². The Morgan fingerprint density at radius 2 is 2.09 bits per heavy atom. The van der Waals surface area contributed by atoms with E-state index in [0.717, 1.165) is 31.9 Å². The van der Waals surface area contributed by atoms with Crippen LogP contribution in [-0.2, 0) is 0 Å². The van der Waals surface area contributed by atoms with E-state index in [1.165, 1.54) is 12.3 Å². The molecule has 1 unspecified atom stereocenters. The van der Waals surface area contributed by atoms with Gasteiger partial charge in [-0.15, -0.1) is 0 Å². The molecule has 2 aromatic heterocycles. The molecule has 1 aliphatic heterocycles. The van der Waals surface area contributed by atoms with Crippen LogP contribution in [0.1, 0.15) is 12.8 Å². The molecule has 3 rings (SSSR count). The molecule has 0 amide bonds. The molecule has 0 spiro atoms. The number of piperidine rings is 1. The molecule has 1 saturated heterocycles. The second-order valence-corrected chi connectivity index (χ2v) is 5.14. The minimum absolute atomic E-state index is 0.00601. The molecule has 8 heteroatoms. The second kappa shape index (κ2) is 6.33. The van der Waals surface area contributed by atoms with E-state index in [1.807, 2.05) is 0 Å². The predicted octanol–water partition coefficient (Wildman–Crippen LogP) is 1.86. The first-order valence-corrected chi connectivity index (χ1v) is 7.11. The molecule has 0 bridgehead atoms. The molecule has 0 aliphatic carbocycles. The fourth-order valence-electron chi connectivity index (χ4n) is 2.52. The van der Waals surface area contributed by atoms with Gasteiger partial charge in [-0.25, -0.2) is 15.0 Å². The third kappa shape index (κ3) is 3.27. The average molecular weight is 300 g/mol. The van der Waals surface area contributed by atoms with E-state index in [0.29, 0.717) is 5.82 Å². The van der Waals surface area contributed by atoms with Crippen molar-refractivity contribution in [3.63, 3.8) is 0 Å². The summed E-state index contributed by atoms with van der Waals surface area (Å²) in [6.45, 7) is 1.71. The Bertz CT molecular complexity index is 634. The summed E-state index contributed by atoms with van der Waals surface area (Å²) in [5.41, 5.74) is -0.00601. The van der Waals surface area contributed by atoms with Crippen molar-refractivity contribution in [2.24, 2.45) is 0 Å². The van der Waals surface area contributed by atoms with E-state index in [-0.39, 0.29) is 11.7 Å². The molecular formula is C14H16N6O2. The highest BCUT2D eigenvalue weighted by molar-refractivity contribution is 5.42. The van der Waals surface area contributed by atoms with Gasteiger partial charge in [-0.05, 0) is 25.0 Å². The van der Waals surface area contributed by atoms with Crippen molar-refractivity contribution in [2.45, 2.75) is 18.9 Å². The predicted molar refractivity (Wildman–Crippen MR) is 81.8 cm³/mol. The van der Waals surface area contributed by atoms with Crippen molar-refractivity contribution in [3.05, 3.63) is 46.9 Å². The Kier molecular flexibility index (Phi) is 4.08. The summed E-state index contributed by atoms with van der Waals surface area (Å²) in [5, 5.41) is 13.9. The summed E-state index contributed by atoms with van der Waals surface area (Å²) >= 11 is 0. The minimum atomic E-state index is -0.453. The van der Waals surface area contributed by atoms with Gasteiger partial charge in [0.1, 0.15) is 12.0 Å². The van der Waals surface area contributed by atoms with Gasteiger partial charge in [0.25, 0.3) is 5.69 Å². The Balaban J connectivity index is 1.64. The highest BCUT2D eigenvalue weighted by atomic mass is 16.6. The Morgan fingerprint density at radius 3 is 2.77 bits per heavy atom. The number of nitrogens with one attached hydrogen (secondary N) is 1. The smallest absolute Gasteiger partial charge is 0.287 e. The Morgan fingerprint density at radius 1 is 1.27 bits per heavy atom. The van der Waals surface area contributed by atoms with Crippen molar-refractivity contribution in [1.82, 2.24) is 15.0 Å². The maximum atomic E-state index is 10.6. The first-order valence-electron chi connectivity index (χ1n) is 7.11. The molecule has 1 N–H and O–H groups in total. The summed E-state index contributed by atoms with van der Waals surface area (Å²) in [6.07, 6.45) is 6.78. The van der Waals surface area contributed by atoms with Crippen molar-refractivity contribution in [1.29, 1.82) is 0 Å². The third-order valence-electron chi connectivity index (χ3n) is 3.57. The molecule has 1 aliphatic rings. The van der Waals surface area contributed by atoms with Gasteiger partial charge in [0.15, 0.2) is 0 Å². The van der Waals surface area contributed by atoms with Crippen LogP contribution >= 0.6 is 0 Å². The van der Waals surface area contributed by atoms with Gasteiger partial charge in [0.2, 0.25) is 5.95 Å². The number of nitro groups is 1. The van der Waals surface area contributed by atoms with Gasteiger partial charge in [0.05, 0.1) is 4.92 Å². The molecule has 3 heterocycles. The first kappa shape index (κ1) is 14.2. The van der Waals surface area contributed by atoms with Crippen LogP contribution in [0.5, 0.6) is 0 Å². The summed E-state index contributed by atoms with van der Waals surface area (Å²) in [6, 6.07) is 5.10. The molecule has 2 aromatic rings. The zero-order chi connectivity index (χ0) is 15.4. The molecule has 1 fully saturated rings. The van der Waals surface area contributed by atoms with Gasteiger partial charge in [-0.1, -0.05) is 0 Å². The molecule has 22 heavy (non-hydrogen) atoms. The van der Waals surface area contributed by atoms with Crippen LogP contribution < -0.4 is 10.2 Å². The highest BCUT2D eigenvalue weighted by Gasteiger charge is 2.21. The zero-order valence-electron chi connectivity index (χ0n) is 11.9. The summed E-state index contributed by atoms with van der Waals surface area (Å²) in [7, 11) is 0. The molecule has 8 nitrogen and oxygen atoms in total. The van der Waals surface area contributed by atoms with Gasteiger partial charge >= 0.3 is 0 Å². The van der Waals surface area contributed by atoms with E-state index in [9.17, 15) is 10.1 Å². The average Bonchev–Trinajstić information content (AvgIpc) is 2.56. The normalized spacial score (nSPS) is 18.0. The maximum Gasteiger partial charge on any atom is 0.287 e. The van der Waals surface area contributed by atoms with Crippen LogP contribution in [0.3, 0.4) is 0 Å². The zero-order valence-corrected chi connectivity index (χ0v) is 11.9. The van der Waals surface area contributed by atoms with Gasteiger partial charge < -0.3 is 10.2 Å². The largest absolute Gasteiger partial charge is 0.366 e. The van der Waals surface area contributed by atoms with E-state index >= 15 is 0 Å². The third-order valence-corrected chi connectivity index (χ3v) is 3.57.